The highest BCUT2D eigenvalue weighted by Gasteiger charge is 2.34. The van der Waals surface area contributed by atoms with Crippen molar-refractivity contribution in [3.8, 4) is 11.5 Å². The van der Waals surface area contributed by atoms with Crippen LogP contribution in [0.5, 0.6) is 11.5 Å². The lowest BCUT2D eigenvalue weighted by molar-refractivity contribution is -0.125. The molecule has 0 atom stereocenters. The molecule has 1 aliphatic heterocycles. The molecule has 0 spiro atoms. The molecule has 32 heavy (non-hydrogen) atoms. The molecule has 0 aromatic heterocycles. The SMILES string of the molecule is COc1ccc(C=C2SC(=O)N(CCNC(=O)COc3ccc4c(c3)CCC4)C2=O)cc1. The third kappa shape index (κ3) is 5.13. The van der Waals surface area contributed by atoms with E-state index in [0.29, 0.717) is 16.4 Å². The first kappa shape index (κ1) is 22.0. The van der Waals surface area contributed by atoms with E-state index in [0.717, 1.165) is 41.5 Å². The van der Waals surface area contributed by atoms with Crippen LogP contribution in [0.25, 0.3) is 6.08 Å². The summed E-state index contributed by atoms with van der Waals surface area (Å²) in [6, 6.07) is 13.1. The van der Waals surface area contributed by atoms with Crippen LogP contribution in [0.4, 0.5) is 4.79 Å². The molecule has 0 radical (unpaired) electrons. The summed E-state index contributed by atoms with van der Waals surface area (Å²) < 4.78 is 10.7. The number of hydrogen-bond acceptors (Lipinski definition) is 6. The second kappa shape index (κ2) is 9.91. The second-order valence-electron chi connectivity index (χ2n) is 7.53. The highest BCUT2D eigenvalue weighted by Crippen LogP contribution is 2.32. The van der Waals surface area contributed by atoms with E-state index in [2.05, 4.69) is 11.4 Å². The quantitative estimate of drug-likeness (QED) is 0.618. The summed E-state index contributed by atoms with van der Waals surface area (Å²) in [4.78, 5) is 38.4. The Hall–Kier alpha value is -3.26. The summed E-state index contributed by atoms with van der Waals surface area (Å²) in [6.07, 6.45) is 4.97. The molecule has 1 saturated heterocycles. The molecule has 7 nitrogen and oxygen atoms in total. The van der Waals surface area contributed by atoms with E-state index in [1.165, 1.54) is 11.1 Å². The van der Waals surface area contributed by atoms with Crippen LogP contribution in [0, 0.1) is 0 Å². The van der Waals surface area contributed by atoms with E-state index in [1.54, 1.807) is 25.3 Å². The van der Waals surface area contributed by atoms with Gasteiger partial charge in [-0.25, -0.2) is 0 Å². The molecule has 2 aromatic rings. The van der Waals surface area contributed by atoms with Gasteiger partial charge in [-0.3, -0.25) is 19.3 Å². The van der Waals surface area contributed by atoms with Gasteiger partial charge in [0.2, 0.25) is 0 Å². The van der Waals surface area contributed by atoms with Gasteiger partial charge < -0.3 is 14.8 Å². The van der Waals surface area contributed by atoms with Crippen LogP contribution < -0.4 is 14.8 Å². The summed E-state index contributed by atoms with van der Waals surface area (Å²) in [7, 11) is 1.58. The summed E-state index contributed by atoms with van der Waals surface area (Å²) in [5, 5.41) is 2.35. The zero-order valence-electron chi connectivity index (χ0n) is 17.8. The van der Waals surface area contributed by atoms with Gasteiger partial charge in [0.25, 0.3) is 17.1 Å². The van der Waals surface area contributed by atoms with Crippen molar-refractivity contribution < 1.29 is 23.9 Å². The fraction of sp³-hybridized carbons (Fsp3) is 0.292. The van der Waals surface area contributed by atoms with E-state index in [4.69, 9.17) is 9.47 Å². The molecular weight excluding hydrogens is 428 g/mol. The summed E-state index contributed by atoms with van der Waals surface area (Å²) in [6.45, 7) is 0.160. The minimum atomic E-state index is -0.362. The molecule has 1 N–H and O–H groups in total. The Kier molecular flexibility index (Phi) is 6.80. The molecular formula is C24H24N2O5S. The van der Waals surface area contributed by atoms with Crippen molar-refractivity contribution >= 4 is 34.9 Å². The molecule has 0 saturated carbocycles. The Bertz CT molecular complexity index is 1060. The van der Waals surface area contributed by atoms with Crippen molar-refractivity contribution in [1.82, 2.24) is 10.2 Å². The molecule has 2 aliphatic rings. The highest BCUT2D eigenvalue weighted by atomic mass is 32.2. The van der Waals surface area contributed by atoms with E-state index in [-0.39, 0.29) is 36.7 Å². The number of carbonyl (C=O) groups excluding carboxylic acids is 3. The first-order valence-corrected chi connectivity index (χ1v) is 11.3. The monoisotopic (exact) mass is 452 g/mol. The minimum absolute atomic E-state index is 0.106. The van der Waals surface area contributed by atoms with Crippen molar-refractivity contribution in [2.75, 3.05) is 26.8 Å². The number of aryl methyl sites for hydroxylation is 2. The van der Waals surface area contributed by atoms with Gasteiger partial charge in [0.1, 0.15) is 11.5 Å². The maximum Gasteiger partial charge on any atom is 0.293 e. The predicted molar refractivity (Wildman–Crippen MR) is 123 cm³/mol. The van der Waals surface area contributed by atoms with Crippen molar-refractivity contribution in [2.24, 2.45) is 0 Å². The van der Waals surface area contributed by atoms with Crippen molar-refractivity contribution in [3.05, 3.63) is 64.1 Å². The fourth-order valence-electron chi connectivity index (χ4n) is 3.69. The second-order valence-corrected chi connectivity index (χ2v) is 8.52. The molecule has 2 aromatic carbocycles. The Morgan fingerprint density at radius 1 is 1.09 bits per heavy atom. The number of thioether (sulfide) groups is 1. The van der Waals surface area contributed by atoms with E-state index < -0.39 is 0 Å². The first-order valence-electron chi connectivity index (χ1n) is 10.4. The Labute approximate surface area is 190 Å². The van der Waals surface area contributed by atoms with Crippen LogP contribution in [0.15, 0.2) is 47.4 Å². The van der Waals surface area contributed by atoms with Gasteiger partial charge in [0, 0.05) is 13.1 Å². The molecule has 4 rings (SSSR count). The minimum Gasteiger partial charge on any atom is -0.497 e. The lowest BCUT2D eigenvalue weighted by Gasteiger charge is -2.13. The van der Waals surface area contributed by atoms with Crippen LogP contribution >= 0.6 is 11.8 Å². The summed E-state index contributed by atoms with van der Waals surface area (Å²) in [5.74, 6) is 0.729. The predicted octanol–water partition coefficient (Wildman–Crippen LogP) is 3.42. The summed E-state index contributed by atoms with van der Waals surface area (Å²) >= 11 is 0.893. The molecule has 1 heterocycles. The number of nitrogens with zero attached hydrogens (tertiary/aromatic N) is 1. The van der Waals surface area contributed by atoms with Crippen LogP contribution in [0.2, 0.25) is 0 Å². The van der Waals surface area contributed by atoms with Crippen LogP contribution in [0.3, 0.4) is 0 Å². The third-order valence-corrected chi connectivity index (χ3v) is 6.29. The largest absolute Gasteiger partial charge is 0.497 e. The topological polar surface area (TPSA) is 84.9 Å². The lowest BCUT2D eigenvalue weighted by atomic mass is 10.1. The molecule has 8 heteroatoms. The number of hydrogen-bond donors (Lipinski definition) is 1. The maximum atomic E-state index is 12.6. The number of carbonyl (C=O) groups is 3. The molecule has 3 amide bonds. The zero-order chi connectivity index (χ0) is 22.5. The van der Waals surface area contributed by atoms with Gasteiger partial charge in [0.15, 0.2) is 6.61 Å². The van der Waals surface area contributed by atoms with Gasteiger partial charge in [-0.2, -0.15) is 0 Å². The highest BCUT2D eigenvalue weighted by molar-refractivity contribution is 8.18. The fourth-order valence-corrected chi connectivity index (χ4v) is 4.55. The number of rotatable bonds is 8. The van der Waals surface area contributed by atoms with E-state index in [9.17, 15) is 14.4 Å². The van der Waals surface area contributed by atoms with Gasteiger partial charge in [-0.05, 0) is 78.1 Å². The molecule has 1 aliphatic carbocycles. The molecule has 0 bridgehead atoms. The van der Waals surface area contributed by atoms with E-state index in [1.807, 2.05) is 24.3 Å². The standard InChI is InChI=1S/C24H24N2O5S/c1-30-19-8-5-16(6-9-19)13-21-23(28)26(24(29)32-21)12-11-25-22(27)15-31-20-10-7-17-3-2-4-18(17)14-20/h5-10,13-14H,2-4,11-12,15H2,1H3,(H,25,27). The zero-order valence-corrected chi connectivity index (χ0v) is 18.6. The Morgan fingerprint density at radius 3 is 2.62 bits per heavy atom. The molecule has 0 unspecified atom stereocenters. The molecule has 1 fully saturated rings. The number of amides is 3. The smallest absolute Gasteiger partial charge is 0.293 e. The van der Waals surface area contributed by atoms with Crippen LogP contribution in [0.1, 0.15) is 23.1 Å². The van der Waals surface area contributed by atoms with Gasteiger partial charge in [-0.1, -0.05) is 18.2 Å². The number of fused-ring (bicyclic) bond motifs is 1. The summed E-state index contributed by atoms with van der Waals surface area (Å²) in [5.41, 5.74) is 3.43. The lowest BCUT2D eigenvalue weighted by Crippen LogP contribution is -2.38. The number of imide groups is 1. The van der Waals surface area contributed by atoms with Crippen molar-refractivity contribution in [1.29, 1.82) is 0 Å². The van der Waals surface area contributed by atoms with Crippen molar-refractivity contribution in [2.45, 2.75) is 19.3 Å². The number of methoxy groups -OCH3 is 1. The third-order valence-electron chi connectivity index (χ3n) is 5.38. The average Bonchev–Trinajstić information content (AvgIpc) is 3.37. The number of ether oxygens (including phenoxy) is 2. The number of benzene rings is 2. The van der Waals surface area contributed by atoms with Crippen LogP contribution in [-0.4, -0.2) is 48.8 Å². The van der Waals surface area contributed by atoms with Gasteiger partial charge >= 0.3 is 0 Å². The normalized spacial score (nSPS) is 16.4. The Balaban J connectivity index is 1.24. The maximum absolute atomic E-state index is 12.6. The van der Waals surface area contributed by atoms with E-state index >= 15 is 0 Å². The van der Waals surface area contributed by atoms with Gasteiger partial charge in [-0.15, -0.1) is 0 Å². The number of nitrogens with one attached hydrogen (secondary N) is 1. The van der Waals surface area contributed by atoms with Crippen molar-refractivity contribution in [3.63, 3.8) is 0 Å². The molecule has 166 valence electrons. The average molecular weight is 453 g/mol. The first-order chi connectivity index (χ1) is 15.5. The van der Waals surface area contributed by atoms with Gasteiger partial charge in [0.05, 0.1) is 12.0 Å². The Morgan fingerprint density at radius 2 is 1.84 bits per heavy atom. The van der Waals surface area contributed by atoms with Crippen LogP contribution in [-0.2, 0) is 22.4 Å².